The number of hydrogen-bond acceptors (Lipinski definition) is 4. The lowest BCUT2D eigenvalue weighted by atomic mass is 9.81. The van der Waals surface area contributed by atoms with E-state index in [2.05, 4.69) is 29.4 Å². The van der Waals surface area contributed by atoms with Crippen LogP contribution >= 0.6 is 0 Å². The fourth-order valence-corrected chi connectivity index (χ4v) is 3.39. The smallest absolute Gasteiger partial charge is 0.262 e. The number of hydrogen-bond donors (Lipinski definition) is 1. The molecule has 0 aliphatic heterocycles. The molecule has 0 unspecified atom stereocenters. The van der Waals surface area contributed by atoms with Crippen LogP contribution in [0.5, 0.6) is 0 Å². The van der Waals surface area contributed by atoms with Gasteiger partial charge in [0.25, 0.3) is 5.56 Å². The van der Waals surface area contributed by atoms with E-state index in [0.717, 1.165) is 0 Å². The van der Waals surface area contributed by atoms with Gasteiger partial charge in [0.1, 0.15) is 0 Å². The van der Waals surface area contributed by atoms with E-state index in [9.17, 15) is 4.79 Å². The van der Waals surface area contributed by atoms with Crippen LogP contribution in [0, 0.1) is 11.8 Å². The number of para-hydroxylation sites is 1. The van der Waals surface area contributed by atoms with Crippen molar-refractivity contribution in [2.45, 2.75) is 46.6 Å². The van der Waals surface area contributed by atoms with E-state index >= 15 is 0 Å². The Balaban J connectivity index is 2.01. The highest BCUT2D eigenvalue weighted by Gasteiger charge is 2.23. The predicted molar refractivity (Wildman–Crippen MR) is 94.9 cm³/mol. The number of anilines is 1. The highest BCUT2D eigenvalue weighted by atomic mass is 16.1. The third-order valence-electron chi connectivity index (χ3n) is 4.75. The van der Waals surface area contributed by atoms with Gasteiger partial charge in [-0.1, -0.05) is 32.4 Å². The van der Waals surface area contributed by atoms with E-state index in [1.165, 1.54) is 25.0 Å². The minimum atomic E-state index is -0.0226. The molecule has 1 saturated carbocycles. The van der Waals surface area contributed by atoms with Gasteiger partial charge in [-0.15, -0.1) is 0 Å². The second kappa shape index (κ2) is 6.52. The Morgan fingerprint density at radius 3 is 2.65 bits per heavy atom. The molecule has 1 aromatic heterocycles. The molecule has 0 spiro atoms. The molecule has 1 heterocycles. The Morgan fingerprint density at radius 2 is 1.96 bits per heavy atom. The molecule has 1 fully saturated rings. The SMILES string of the molecule is CCn1c(NN=C2[C@H](C)CCC[C@H]2C)nc2ccccc2c1=O. The molecule has 122 valence electrons. The van der Waals surface area contributed by atoms with Gasteiger partial charge in [-0.25, -0.2) is 10.4 Å². The lowest BCUT2D eigenvalue weighted by Gasteiger charge is -2.26. The summed E-state index contributed by atoms with van der Waals surface area (Å²) in [6, 6.07) is 7.44. The van der Waals surface area contributed by atoms with Crippen molar-refractivity contribution in [2.24, 2.45) is 16.9 Å². The number of benzene rings is 1. The van der Waals surface area contributed by atoms with Gasteiger partial charge in [0, 0.05) is 12.3 Å². The maximum Gasteiger partial charge on any atom is 0.262 e. The summed E-state index contributed by atoms with van der Waals surface area (Å²) in [6.07, 6.45) is 3.61. The highest BCUT2D eigenvalue weighted by molar-refractivity contribution is 5.89. The Bertz CT molecular complexity index is 781. The topological polar surface area (TPSA) is 59.3 Å². The number of fused-ring (bicyclic) bond motifs is 1. The van der Waals surface area contributed by atoms with Crippen LogP contribution in [0.3, 0.4) is 0 Å². The third kappa shape index (κ3) is 3.00. The maximum absolute atomic E-state index is 12.6. The van der Waals surface area contributed by atoms with Crippen molar-refractivity contribution in [1.29, 1.82) is 0 Å². The Morgan fingerprint density at radius 1 is 1.26 bits per heavy atom. The average Bonchev–Trinajstić information content (AvgIpc) is 2.55. The van der Waals surface area contributed by atoms with E-state index in [4.69, 9.17) is 0 Å². The van der Waals surface area contributed by atoms with Gasteiger partial charge in [0.05, 0.1) is 10.9 Å². The largest absolute Gasteiger partial charge is 0.277 e. The molecular weight excluding hydrogens is 288 g/mol. The van der Waals surface area contributed by atoms with E-state index in [-0.39, 0.29) is 5.56 Å². The van der Waals surface area contributed by atoms with Crippen molar-refractivity contribution < 1.29 is 0 Å². The molecule has 1 aliphatic carbocycles. The fraction of sp³-hybridized carbons (Fsp3) is 0.500. The van der Waals surface area contributed by atoms with Crippen LogP contribution in [0.15, 0.2) is 34.2 Å². The molecule has 1 aliphatic rings. The monoisotopic (exact) mass is 312 g/mol. The Labute approximate surface area is 136 Å². The molecule has 5 nitrogen and oxygen atoms in total. The number of nitrogens with one attached hydrogen (secondary N) is 1. The summed E-state index contributed by atoms with van der Waals surface area (Å²) >= 11 is 0. The first-order valence-corrected chi connectivity index (χ1v) is 8.44. The van der Waals surface area contributed by atoms with E-state index in [1.54, 1.807) is 4.57 Å². The van der Waals surface area contributed by atoms with Crippen LogP contribution in [0.1, 0.15) is 40.0 Å². The predicted octanol–water partition coefficient (Wildman–Crippen LogP) is 3.64. The maximum atomic E-state index is 12.6. The molecule has 2 atom stereocenters. The first-order chi connectivity index (χ1) is 11.1. The van der Waals surface area contributed by atoms with Gasteiger partial charge in [-0.3, -0.25) is 9.36 Å². The summed E-state index contributed by atoms with van der Waals surface area (Å²) in [5.41, 5.74) is 4.93. The molecule has 0 saturated heterocycles. The van der Waals surface area contributed by atoms with Crippen molar-refractivity contribution in [1.82, 2.24) is 9.55 Å². The van der Waals surface area contributed by atoms with Crippen molar-refractivity contribution in [2.75, 3.05) is 5.43 Å². The number of hydrazone groups is 1. The van der Waals surface area contributed by atoms with Crippen LogP contribution in [-0.2, 0) is 6.54 Å². The minimum absolute atomic E-state index is 0.0226. The van der Waals surface area contributed by atoms with Gasteiger partial charge < -0.3 is 0 Å². The molecular formula is C18H24N4O. The number of rotatable bonds is 3. The lowest BCUT2D eigenvalue weighted by Crippen LogP contribution is -2.27. The molecule has 1 N–H and O–H groups in total. The molecule has 3 rings (SSSR count). The molecule has 0 amide bonds. The summed E-state index contributed by atoms with van der Waals surface area (Å²) in [6.45, 7) is 6.95. The van der Waals surface area contributed by atoms with Crippen LogP contribution < -0.4 is 11.0 Å². The molecule has 2 aromatic rings. The average molecular weight is 312 g/mol. The van der Waals surface area contributed by atoms with E-state index in [1.807, 2.05) is 31.2 Å². The first-order valence-electron chi connectivity index (χ1n) is 8.44. The summed E-state index contributed by atoms with van der Waals surface area (Å²) < 4.78 is 1.64. The summed E-state index contributed by atoms with van der Waals surface area (Å²) in [5.74, 6) is 1.48. The number of nitrogens with zero attached hydrogens (tertiary/aromatic N) is 3. The van der Waals surface area contributed by atoms with Crippen LogP contribution in [0.2, 0.25) is 0 Å². The zero-order valence-electron chi connectivity index (χ0n) is 14.0. The molecule has 5 heteroatoms. The fourth-order valence-electron chi connectivity index (χ4n) is 3.39. The lowest BCUT2D eigenvalue weighted by molar-refractivity contribution is 0.486. The summed E-state index contributed by atoms with van der Waals surface area (Å²) in [5, 5.41) is 5.26. The second-order valence-corrected chi connectivity index (χ2v) is 6.38. The normalized spacial score (nSPS) is 21.4. The Hall–Kier alpha value is -2.17. The van der Waals surface area contributed by atoms with Crippen LogP contribution in [0.25, 0.3) is 10.9 Å². The van der Waals surface area contributed by atoms with Gasteiger partial charge in [0.2, 0.25) is 5.95 Å². The number of aromatic nitrogens is 2. The molecule has 0 radical (unpaired) electrons. The summed E-state index contributed by atoms with van der Waals surface area (Å²) in [7, 11) is 0. The zero-order chi connectivity index (χ0) is 16.4. The van der Waals surface area contributed by atoms with Crippen molar-refractivity contribution in [3.8, 4) is 0 Å². The summed E-state index contributed by atoms with van der Waals surface area (Å²) in [4.78, 5) is 17.2. The minimum Gasteiger partial charge on any atom is -0.277 e. The highest BCUT2D eigenvalue weighted by Crippen LogP contribution is 2.26. The second-order valence-electron chi connectivity index (χ2n) is 6.38. The van der Waals surface area contributed by atoms with Crippen molar-refractivity contribution in [3.05, 3.63) is 34.6 Å². The van der Waals surface area contributed by atoms with Gasteiger partial charge >= 0.3 is 0 Å². The van der Waals surface area contributed by atoms with Gasteiger partial charge in [0.15, 0.2) is 0 Å². The third-order valence-corrected chi connectivity index (χ3v) is 4.75. The first kappa shape index (κ1) is 15.7. The van der Waals surface area contributed by atoms with Crippen molar-refractivity contribution in [3.63, 3.8) is 0 Å². The van der Waals surface area contributed by atoms with Crippen molar-refractivity contribution >= 4 is 22.6 Å². The molecule has 0 bridgehead atoms. The standard InChI is InChI=1S/C18H24N4O/c1-4-22-17(23)14-10-5-6-11-15(14)19-18(22)21-20-16-12(2)8-7-9-13(16)3/h5-6,10-13H,4,7-9H2,1-3H3,(H,19,21)/t12-,13-/m1/s1. The quantitative estimate of drug-likeness (QED) is 0.880. The zero-order valence-corrected chi connectivity index (χ0v) is 14.0. The van der Waals surface area contributed by atoms with E-state index < -0.39 is 0 Å². The van der Waals surface area contributed by atoms with Gasteiger partial charge in [-0.05, 0) is 43.7 Å². The molecule has 1 aromatic carbocycles. The van der Waals surface area contributed by atoms with Gasteiger partial charge in [-0.2, -0.15) is 5.10 Å². The van der Waals surface area contributed by atoms with E-state index in [0.29, 0.717) is 35.2 Å². The van der Waals surface area contributed by atoms with Crippen LogP contribution in [0.4, 0.5) is 5.95 Å². The van der Waals surface area contributed by atoms with Crippen LogP contribution in [-0.4, -0.2) is 15.3 Å². The molecule has 23 heavy (non-hydrogen) atoms. The Kier molecular flexibility index (Phi) is 4.46.